The first-order valence-corrected chi connectivity index (χ1v) is 6.38. The second kappa shape index (κ2) is 5.25. The second-order valence-corrected chi connectivity index (χ2v) is 5.34. The van der Waals surface area contributed by atoms with Crippen molar-refractivity contribution >= 4 is 10.0 Å². The minimum Gasteiger partial charge on any atom is -0.328 e. The van der Waals surface area contributed by atoms with Crippen LogP contribution in [0.5, 0.6) is 0 Å². The van der Waals surface area contributed by atoms with Gasteiger partial charge in [-0.15, -0.1) is 0 Å². The number of hydrogen-bond donors (Lipinski definition) is 4. The summed E-state index contributed by atoms with van der Waals surface area (Å²) < 4.78 is 25.5. The summed E-state index contributed by atoms with van der Waals surface area (Å²) in [6.45, 7) is 1.86. The molecule has 96 valence electrons. The highest BCUT2D eigenvalue weighted by atomic mass is 32.2. The summed E-state index contributed by atoms with van der Waals surface area (Å²) in [5.74, 6) is 0. The lowest BCUT2D eigenvalue weighted by Crippen LogP contribution is -2.34. The molecule has 8 nitrogen and oxygen atoms in total. The van der Waals surface area contributed by atoms with Crippen molar-refractivity contribution in [3.8, 4) is 0 Å². The number of H-pyrrole nitrogens is 2. The maximum Gasteiger partial charge on any atom is 0.325 e. The highest BCUT2D eigenvalue weighted by molar-refractivity contribution is 7.89. The lowest BCUT2D eigenvalue weighted by molar-refractivity contribution is 0.569. The largest absolute Gasteiger partial charge is 0.328 e. The molecule has 0 aromatic carbocycles. The molecule has 1 rings (SSSR count). The summed E-state index contributed by atoms with van der Waals surface area (Å²) in [6.07, 6.45) is 1.30. The van der Waals surface area contributed by atoms with Crippen LogP contribution in [0.25, 0.3) is 0 Å². The number of aromatic amines is 2. The van der Waals surface area contributed by atoms with Crippen molar-refractivity contribution in [2.75, 3.05) is 6.54 Å². The van der Waals surface area contributed by atoms with E-state index < -0.39 is 26.2 Å². The number of nitrogens with two attached hydrogens (primary N) is 1. The van der Waals surface area contributed by atoms with E-state index in [0.29, 0.717) is 6.42 Å². The van der Waals surface area contributed by atoms with Gasteiger partial charge in [0, 0.05) is 18.8 Å². The van der Waals surface area contributed by atoms with Gasteiger partial charge in [0.25, 0.3) is 5.56 Å². The highest BCUT2D eigenvalue weighted by Crippen LogP contribution is 1.98. The van der Waals surface area contributed by atoms with Gasteiger partial charge in [-0.05, 0) is 13.3 Å². The van der Waals surface area contributed by atoms with Gasteiger partial charge >= 0.3 is 5.69 Å². The molecule has 0 saturated heterocycles. The molecule has 0 aliphatic carbocycles. The average molecular weight is 262 g/mol. The van der Waals surface area contributed by atoms with Crippen LogP contribution < -0.4 is 21.7 Å². The third-order valence-corrected chi connectivity index (χ3v) is 3.43. The van der Waals surface area contributed by atoms with Gasteiger partial charge in [0.15, 0.2) is 4.90 Å². The molecular weight excluding hydrogens is 248 g/mol. The summed E-state index contributed by atoms with van der Waals surface area (Å²) in [5, 5.41) is 0. The van der Waals surface area contributed by atoms with Crippen molar-refractivity contribution in [1.82, 2.24) is 14.7 Å². The van der Waals surface area contributed by atoms with E-state index >= 15 is 0 Å². The Kier molecular flexibility index (Phi) is 4.21. The fourth-order valence-electron chi connectivity index (χ4n) is 1.10. The van der Waals surface area contributed by atoms with Crippen LogP contribution in [0.4, 0.5) is 0 Å². The molecule has 0 amide bonds. The highest BCUT2D eigenvalue weighted by Gasteiger charge is 2.18. The number of rotatable bonds is 5. The first-order valence-electron chi connectivity index (χ1n) is 4.90. The van der Waals surface area contributed by atoms with Crippen LogP contribution in [0.15, 0.2) is 20.7 Å². The number of nitrogens with one attached hydrogen (secondary N) is 3. The van der Waals surface area contributed by atoms with Gasteiger partial charge in [0.1, 0.15) is 0 Å². The Morgan fingerprint density at radius 1 is 1.47 bits per heavy atom. The molecule has 0 spiro atoms. The van der Waals surface area contributed by atoms with Crippen molar-refractivity contribution < 1.29 is 8.42 Å². The van der Waals surface area contributed by atoms with E-state index in [0.717, 1.165) is 6.20 Å². The molecule has 1 unspecified atom stereocenters. The van der Waals surface area contributed by atoms with Crippen LogP contribution in [0.3, 0.4) is 0 Å². The molecule has 1 atom stereocenters. The van der Waals surface area contributed by atoms with E-state index in [1.807, 2.05) is 4.98 Å². The maximum atomic E-state index is 11.7. The van der Waals surface area contributed by atoms with Crippen molar-refractivity contribution in [3.05, 3.63) is 27.0 Å². The first-order chi connectivity index (χ1) is 7.83. The Morgan fingerprint density at radius 3 is 2.65 bits per heavy atom. The Labute approximate surface area is 97.3 Å². The molecule has 0 fully saturated rings. The van der Waals surface area contributed by atoms with Crippen LogP contribution in [0.1, 0.15) is 13.3 Å². The lowest BCUT2D eigenvalue weighted by atomic mass is 10.3. The molecule has 5 N–H and O–H groups in total. The number of aromatic nitrogens is 2. The molecule has 1 aromatic rings. The molecule has 1 heterocycles. The molecule has 0 bridgehead atoms. The normalized spacial score (nSPS) is 13.5. The monoisotopic (exact) mass is 262 g/mol. The molecule has 17 heavy (non-hydrogen) atoms. The summed E-state index contributed by atoms with van der Waals surface area (Å²) in [7, 11) is -3.92. The third-order valence-electron chi connectivity index (χ3n) is 1.97. The van der Waals surface area contributed by atoms with Gasteiger partial charge in [0.05, 0.1) is 0 Å². The van der Waals surface area contributed by atoms with Crippen LogP contribution in [-0.4, -0.2) is 31.0 Å². The van der Waals surface area contributed by atoms with Gasteiger partial charge in [-0.3, -0.25) is 9.78 Å². The van der Waals surface area contributed by atoms with Gasteiger partial charge in [-0.25, -0.2) is 17.9 Å². The predicted octanol–water partition coefficient (Wildman–Crippen LogP) is -1.92. The van der Waals surface area contributed by atoms with E-state index in [9.17, 15) is 18.0 Å². The van der Waals surface area contributed by atoms with Gasteiger partial charge in [0.2, 0.25) is 10.0 Å². The van der Waals surface area contributed by atoms with E-state index in [-0.39, 0.29) is 12.6 Å². The Hall–Kier alpha value is -1.45. The van der Waals surface area contributed by atoms with E-state index in [4.69, 9.17) is 5.73 Å². The average Bonchev–Trinajstić information content (AvgIpc) is 2.15. The second-order valence-electron chi connectivity index (χ2n) is 3.60. The van der Waals surface area contributed by atoms with E-state index in [1.54, 1.807) is 6.92 Å². The zero-order valence-electron chi connectivity index (χ0n) is 9.19. The Bertz CT molecular complexity index is 586. The fraction of sp³-hybridized carbons (Fsp3) is 0.500. The van der Waals surface area contributed by atoms with Crippen LogP contribution in [0, 0.1) is 0 Å². The topological polar surface area (TPSA) is 138 Å². The van der Waals surface area contributed by atoms with Crippen molar-refractivity contribution in [3.63, 3.8) is 0 Å². The zero-order chi connectivity index (χ0) is 13.1. The molecule has 0 aliphatic rings. The maximum absolute atomic E-state index is 11.7. The smallest absolute Gasteiger partial charge is 0.325 e. The van der Waals surface area contributed by atoms with Crippen molar-refractivity contribution in [1.29, 1.82) is 0 Å². The molecule has 0 saturated carbocycles. The quantitative estimate of drug-likeness (QED) is 0.490. The zero-order valence-corrected chi connectivity index (χ0v) is 10.0. The van der Waals surface area contributed by atoms with Gasteiger partial charge < -0.3 is 10.7 Å². The molecule has 9 heteroatoms. The summed E-state index contributed by atoms with van der Waals surface area (Å²) in [6, 6.07) is -0.147. The summed E-state index contributed by atoms with van der Waals surface area (Å²) in [5.41, 5.74) is 3.74. The first kappa shape index (κ1) is 13.6. The number of hydrogen-bond acceptors (Lipinski definition) is 5. The lowest BCUT2D eigenvalue weighted by Gasteiger charge is -2.07. The van der Waals surface area contributed by atoms with Crippen molar-refractivity contribution in [2.45, 2.75) is 24.3 Å². The molecule has 0 aliphatic heterocycles. The summed E-state index contributed by atoms with van der Waals surface area (Å²) >= 11 is 0. The number of sulfonamides is 1. The van der Waals surface area contributed by atoms with E-state index in [1.165, 1.54) is 0 Å². The Morgan fingerprint density at radius 2 is 2.12 bits per heavy atom. The minimum absolute atomic E-state index is 0.124. The molecule has 1 aromatic heterocycles. The Balaban J connectivity index is 2.90. The van der Waals surface area contributed by atoms with Gasteiger partial charge in [-0.2, -0.15) is 0 Å². The predicted molar refractivity (Wildman–Crippen MR) is 61.1 cm³/mol. The van der Waals surface area contributed by atoms with Crippen LogP contribution in [-0.2, 0) is 10.0 Å². The minimum atomic E-state index is -3.92. The fourth-order valence-corrected chi connectivity index (χ4v) is 2.15. The van der Waals surface area contributed by atoms with Crippen LogP contribution >= 0.6 is 0 Å². The molecule has 0 radical (unpaired) electrons. The van der Waals surface area contributed by atoms with Gasteiger partial charge in [-0.1, -0.05) is 0 Å². The van der Waals surface area contributed by atoms with Crippen LogP contribution in [0.2, 0.25) is 0 Å². The molecular formula is C8H14N4O4S. The van der Waals surface area contributed by atoms with E-state index in [2.05, 4.69) is 9.71 Å². The SMILES string of the molecule is CC(N)CCNS(=O)(=O)c1c[nH]c(=O)[nH]c1=O. The van der Waals surface area contributed by atoms with Crippen molar-refractivity contribution in [2.24, 2.45) is 5.73 Å². The standard InChI is InChI=1S/C8H14N4O4S/c1-5(9)2-3-11-17(15,16)6-4-10-8(14)12-7(6)13/h4-5,11H,2-3,9H2,1H3,(H2,10,12,13,14). The third kappa shape index (κ3) is 3.80. The summed E-state index contributed by atoms with van der Waals surface area (Å²) in [4.78, 5) is 25.4.